The highest BCUT2D eigenvalue weighted by Crippen LogP contribution is 2.09. The average Bonchev–Trinajstić information content (AvgIpc) is 3.09. The van der Waals surface area contributed by atoms with E-state index in [2.05, 4.69) is 34.7 Å². The van der Waals surface area contributed by atoms with Gasteiger partial charge < -0.3 is 15.2 Å². The lowest BCUT2D eigenvalue weighted by molar-refractivity contribution is -0.116. The predicted molar refractivity (Wildman–Crippen MR) is 78.9 cm³/mol. The van der Waals surface area contributed by atoms with Crippen molar-refractivity contribution in [1.29, 1.82) is 0 Å². The molecule has 0 radical (unpaired) electrons. The molecule has 0 aromatic carbocycles. The molecule has 2 aromatic rings. The van der Waals surface area contributed by atoms with E-state index < -0.39 is 0 Å². The molecule has 114 valence electrons. The third-order valence-electron chi connectivity index (χ3n) is 3.38. The zero-order valence-electron chi connectivity index (χ0n) is 12.5. The van der Waals surface area contributed by atoms with Gasteiger partial charge in [-0.25, -0.2) is 0 Å². The highest BCUT2D eigenvalue weighted by Gasteiger charge is 2.14. The van der Waals surface area contributed by atoms with E-state index in [1.165, 1.54) is 0 Å². The van der Waals surface area contributed by atoms with Crippen LogP contribution in [0.4, 0.5) is 5.82 Å². The molecular weight excluding hydrogens is 270 g/mol. The second kappa shape index (κ2) is 7.03. The Bertz CT molecular complexity index is 564. The smallest absolute Gasteiger partial charge is 0.226 e. The summed E-state index contributed by atoms with van der Waals surface area (Å²) in [5.74, 6) is 1.04. The molecule has 7 nitrogen and oxygen atoms in total. The van der Waals surface area contributed by atoms with Crippen molar-refractivity contribution in [3.63, 3.8) is 0 Å². The fourth-order valence-corrected chi connectivity index (χ4v) is 1.97. The molecular formula is C14H21N5O2. The number of hydrogen-bond acceptors (Lipinski definition) is 5. The van der Waals surface area contributed by atoms with Crippen LogP contribution in [0.2, 0.25) is 0 Å². The quantitative estimate of drug-likeness (QED) is 0.811. The van der Waals surface area contributed by atoms with Gasteiger partial charge in [0.1, 0.15) is 5.76 Å². The number of aromatic nitrogens is 3. The summed E-state index contributed by atoms with van der Waals surface area (Å²) in [4.78, 5) is 11.8. The standard InChI is InChI=1S/C14H21N5O2/c1-10-9-13(18-21-10)17-14(20)5-7-15-11(2)12(3)19-8-4-6-16-19/h4,6,8-9,11-12,15H,5,7H2,1-3H3,(H,17,18,20)/t11-,12+/m1/s1. The molecule has 0 aliphatic rings. The SMILES string of the molecule is Cc1cc(NC(=O)CCN[C@H](C)[C@H](C)n2cccn2)no1. The molecule has 0 aliphatic carbocycles. The van der Waals surface area contributed by atoms with Gasteiger partial charge in [0, 0.05) is 37.5 Å². The van der Waals surface area contributed by atoms with Crippen LogP contribution in [0.3, 0.4) is 0 Å². The van der Waals surface area contributed by atoms with Crippen LogP contribution < -0.4 is 10.6 Å². The van der Waals surface area contributed by atoms with Crippen LogP contribution in [0.15, 0.2) is 29.0 Å². The minimum atomic E-state index is -0.0882. The Morgan fingerprint density at radius 2 is 2.29 bits per heavy atom. The summed E-state index contributed by atoms with van der Waals surface area (Å²) in [5, 5.41) is 14.0. The minimum absolute atomic E-state index is 0.0882. The zero-order chi connectivity index (χ0) is 15.2. The summed E-state index contributed by atoms with van der Waals surface area (Å²) in [7, 11) is 0. The Morgan fingerprint density at radius 1 is 1.48 bits per heavy atom. The van der Waals surface area contributed by atoms with Gasteiger partial charge in [0.05, 0.1) is 6.04 Å². The molecule has 0 saturated carbocycles. The number of carbonyl (C=O) groups is 1. The third kappa shape index (κ3) is 4.42. The van der Waals surface area contributed by atoms with E-state index in [9.17, 15) is 4.79 Å². The maximum atomic E-state index is 11.8. The van der Waals surface area contributed by atoms with Crippen molar-refractivity contribution in [1.82, 2.24) is 20.3 Å². The summed E-state index contributed by atoms with van der Waals surface area (Å²) in [6.07, 6.45) is 4.07. The van der Waals surface area contributed by atoms with Gasteiger partial charge >= 0.3 is 0 Å². The number of rotatable bonds is 7. The molecule has 0 fully saturated rings. The van der Waals surface area contributed by atoms with Crippen molar-refractivity contribution in [3.8, 4) is 0 Å². The first-order valence-corrected chi connectivity index (χ1v) is 7.02. The van der Waals surface area contributed by atoms with Crippen LogP contribution in [0.25, 0.3) is 0 Å². The van der Waals surface area contributed by atoms with Gasteiger partial charge in [0.15, 0.2) is 5.82 Å². The van der Waals surface area contributed by atoms with Gasteiger partial charge in [0.2, 0.25) is 5.91 Å². The maximum absolute atomic E-state index is 11.8. The van der Waals surface area contributed by atoms with Crippen LogP contribution in [0, 0.1) is 6.92 Å². The zero-order valence-corrected chi connectivity index (χ0v) is 12.5. The van der Waals surface area contributed by atoms with E-state index in [-0.39, 0.29) is 18.0 Å². The Morgan fingerprint density at radius 3 is 2.90 bits per heavy atom. The van der Waals surface area contributed by atoms with E-state index in [0.29, 0.717) is 24.5 Å². The molecule has 0 spiro atoms. The van der Waals surface area contributed by atoms with E-state index in [1.54, 1.807) is 19.2 Å². The fourth-order valence-electron chi connectivity index (χ4n) is 1.97. The average molecular weight is 291 g/mol. The summed E-state index contributed by atoms with van der Waals surface area (Å²) in [6, 6.07) is 4.03. The van der Waals surface area contributed by atoms with Gasteiger partial charge in [-0.15, -0.1) is 0 Å². The van der Waals surface area contributed by atoms with Crippen molar-refractivity contribution in [2.75, 3.05) is 11.9 Å². The Balaban J connectivity index is 1.70. The number of anilines is 1. The second-order valence-corrected chi connectivity index (χ2v) is 5.09. The van der Waals surface area contributed by atoms with Gasteiger partial charge in [-0.2, -0.15) is 5.10 Å². The van der Waals surface area contributed by atoms with E-state index in [0.717, 1.165) is 0 Å². The first-order valence-electron chi connectivity index (χ1n) is 7.02. The molecule has 0 aliphatic heterocycles. The number of aryl methyl sites for hydroxylation is 1. The summed E-state index contributed by atoms with van der Waals surface area (Å²) in [6.45, 7) is 6.53. The normalized spacial score (nSPS) is 13.9. The molecule has 2 atom stereocenters. The molecule has 0 bridgehead atoms. The highest BCUT2D eigenvalue weighted by atomic mass is 16.5. The molecule has 0 unspecified atom stereocenters. The van der Waals surface area contributed by atoms with Crippen molar-refractivity contribution in [3.05, 3.63) is 30.3 Å². The lowest BCUT2D eigenvalue weighted by Crippen LogP contribution is -2.35. The molecule has 0 saturated heterocycles. The van der Waals surface area contributed by atoms with Crippen LogP contribution in [0.1, 0.15) is 32.1 Å². The van der Waals surface area contributed by atoms with Gasteiger partial charge in [-0.1, -0.05) is 5.16 Å². The molecule has 2 rings (SSSR count). The predicted octanol–water partition coefficient (Wildman–Crippen LogP) is 1.75. The summed E-state index contributed by atoms with van der Waals surface area (Å²) >= 11 is 0. The van der Waals surface area contributed by atoms with E-state index >= 15 is 0 Å². The number of carbonyl (C=O) groups excluding carboxylic acids is 1. The Hall–Kier alpha value is -2.15. The second-order valence-electron chi connectivity index (χ2n) is 5.09. The maximum Gasteiger partial charge on any atom is 0.226 e. The molecule has 2 N–H and O–H groups in total. The largest absolute Gasteiger partial charge is 0.360 e. The fraction of sp³-hybridized carbons (Fsp3) is 0.500. The van der Waals surface area contributed by atoms with Crippen molar-refractivity contribution < 1.29 is 9.32 Å². The van der Waals surface area contributed by atoms with E-state index in [4.69, 9.17) is 4.52 Å². The van der Waals surface area contributed by atoms with Crippen LogP contribution in [-0.2, 0) is 4.79 Å². The lowest BCUT2D eigenvalue weighted by Gasteiger charge is -2.21. The summed E-state index contributed by atoms with van der Waals surface area (Å²) < 4.78 is 6.79. The molecule has 1 amide bonds. The molecule has 2 aromatic heterocycles. The van der Waals surface area contributed by atoms with Crippen LogP contribution in [-0.4, -0.2) is 33.4 Å². The highest BCUT2D eigenvalue weighted by molar-refractivity contribution is 5.89. The lowest BCUT2D eigenvalue weighted by atomic mass is 10.1. The topological polar surface area (TPSA) is 85.0 Å². The number of nitrogens with zero attached hydrogens (tertiary/aromatic N) is 3. The number of amides is 1. The first-order chi connectivity index (χ1) is 10.1. The monoisotopic (exact) mass is 291 g/mol. The third-order valence-corrected chi connectivity index (χ3v) is 3.38. The van der Waals surface area contributed by atoms with Crippen LogP contribution >= 0.6 is 0 Å². The van der Waals surface area contributed by atoms with Crippen LogP contribution in [0.5, 0.6) is 0 Å². The van der Waals surface area contributed by atoms with E-state index in [1.807, 2.05) is 16.9 Å². The summed E-state index contributed by atoms with van der Waals surface area (Å²) in [5.41, 5.74) is 0. The van der Waals surface area contributed by atoms with Crippen molar-refractivity contribution in [2.45, 2.75) is 39.3 Å². The van der Waals surface area contributed by atoms with Gasteiger partial charge in [0.25, 0.3) is 0 Å². The molecule has 2 heterocycles. The molecule has 7 heteroatoms. The van der Waals surface area contributed by atoms with Gasteiger partial charge in [-0.05, 0) is 26.8 Å². The van der Waals surface area contributed by atoms with Crippen molar-refractivity contribution >= 4 is 11.7 Å². The van der Waals surface area contributed by atoms with Gasteiger partial charge in [-0.3, -0.25) is 9.48 Å². The number of nitrogens with one attached hydrogen (secondary N) is 2. The van der Waals surface area contributed by atoms with Crippen molar-refractivity contribution in [2.24, 2.45) is 0 Å². The number of hydrogen-bond donors (Lipinski definition) is 2. The molecule has 21 heavy (non-hydrogen) atoms. The minimum Gasteiger partial charge on any atom is -0.360 e. The Kier molecular flexibility index (Phi) is 5.10. The Labute approximate surface area is 123 Å². The first kappa shape index (κ1) is 15.2.